The Morgan fingerprint density at radius 3 is 2.53 bits per heavy atom. The van der Waals surface area contributed by atoms with Gasteiger partial charge in [0.2, 0.25) is 0 Å². The first-order chi connectivity index (χ1) is 8.04. The van der Waals surface area contributed by atoms with E-state index in [1.807, 2.05) is 6.07 Å². The van der Waals surface area contributed by atoms with Gasteiger partial charge >= 0.3 is 0 Å². The second-order valence-corrected chi connectivity index (χ2v) is 5.66. The monoisotopic (exact) mass is 299 g/mol. The molecule has 2 nitrogen and oxygen atoms in total. The number of nitrogens with one attached hydrogen (secondary N) is 1. The number of benzene rings is 1. The van der Waals surface area contributed by atoms with Crippen LogP contribution in [0.25, 0.3) is 0 Å². The molecule has 1 N–H and O–H groups in total. The van der Waals surface area contributed by atoms with E-state index in [0.29, 0.717) is 18.0 Å². The molecule has 0 spiro atoms. The summed E-state index contributed by atoms with van der Waals surface area (Å²) in [4.78, 5) is 0. The third-order valence-electron chi connectivity index (χ3n) is 2.96. The van der Waals surface area contributed by atoms with Gasteiger partial charge in [-0.15, -0.1) is 0 Å². The third kappa shape index (κ3) is 4.78. The predicted molar refractivity (Wildman–Crippen MR) is 76.2 cm³/mol. The lowest BCUT2D eigenvalue weighted by Gasteiger charge is -2.26. The van der Waals surface area contributed by atoms with E-state index in [-0.39, 0.29) is 0 Å². The Bertz CT molecular complexity index is 341. The number of halogens is 1. The van der Waals surface area contributed by atoms with Gasteiger partial charge in [-0.3, -0.25) is 0 Å². The lowest BCUT2D eigenvalue weighted by atomic mass is 10.0. The van der Waals surface area contributed by atoms with Crippen molar-refractivity contribution >= 4 is 15.9 Å². The van der Waals surface area contributed by atoms with Crippen molar-refractivity contribution < 1.29 is 4.74 Å². The summed E-state index contributed by atoms with van der Waals surface area (Å²) in [6.45, 7) is 7.36. The van der Waals surface area contributed by atoms with Gasteiger partial charge in [-0.25, -0.2) is 0 Å². The van der Waals surface area contributed by atoms with Crippen LogP contribution < -0.4 is 5.32 Å². The van der Waals surface area contributed by atoms with Crippen molar-refractivity contribution in [3.8, 4) is 0 Å². The van der Waals surface area contributed by atoms with Crippen molar-refractivity contribution in [1.29, 1.82) is 0 Å². The highest BCUT2D eigenvalue weighted by Gasteiger charge is 2.16. The van der Waals surface area contributed by atoms with Gasteiger partial charge in [0.15, 0.2) is 0 Å². The van der Waals surface area contributed by atoms with Gasteiger partial charge < -0.3 is 10.1 Å². The molecule has 0 saturated heterocycles. The molecule has 0 saturated carbocycles. The summed E-state index contributed by atoms with van der Waals surface area (Å²) in [6, 6.07) is 9.13. The van der Waals surface area contributed by atoms with Gasteiger partial charge in [0, 0.05) is 23.7 Å². The van der Waals surface area contributed by atoms with Crippen LogP contribution in [0.2, 0.25) is 0 Å². The van der Waals surface area contributed by atoms with Crippen LogP contribution in [-0.4, -0.2) is 19.8 Å². The fourth-order valence-electron chi connectivity index (χ4n) is 1.81. The predicted octanol–water partition coefficient (Wildman–Crippen LogP) is 3.77. The largest absolute Gasteiger partial charge is 0.383 e. The molecule has 2 atom stereocenters. The summed E-state index contributed by atoms with van der Waals surface area (Å²) < 4.78 is 6.38. The van der Waals surface area contributed by atoms with E-state index in [9.17, 15) is 0 Å². The van der Waals surface area contributed by atoms with Crippen LogP contribution >= 0.6 is 15.9 Å². The molecular formula is C14H22BrNO. The highest BCUT2D eigenvalue weighted by Crippen LogP contribution is 2.19. The van der Waals surface area contributed by atoms with Crippen LogP contribution in [0.15, 0.2) is 28.7 Å². The van der Waals surface area contributed by atoms with Gasteiger partial charge in [-0.1, -0.05) is 41.9 Å². The van der Waals surface area contributed by atoms with E-state index in [2.05, 4.69) is 60.2 Å². The average molecular weight is 300 g/mol. The molecule has 0 bridgehead atoms. The standard InChI is InChI=1S/C14H22BrNO/c1-10(2)14(9-17-4)16-11(3)12-6-5-7-13(15)8-12/h5-8,10-11,14,16H,9H2,1-4H3. The second kappa shape index (κ2) is 7.14. The molecule has 0 aliphatic carbocycles. The molecule has 0 heterocycles. The first kappa shape index (κ1) is 14.7. The van der Waals surface area contributed by atoms with E-state index < -0.39 is 0 Å². The van der Waals surface area contributed by atoms with Crippen LogP contribution in [0, 0.1) is 5.92 Å². The van der Waals surface area contributed by atoms with Crippen molar-refractivity contribution in [2.75, 3.05) is 13.7 Å². The van der Waals surface area contributed by atoms with Crippen molar-refractivity contribution in [2.24, 2.45) is 5.92 Å². The third-order valence-corrected chi connectivity index (χ3v) is 3.46. The molecule has 0 aliphatic heterocycles. The maximum Gasteiger partial charge on any atom is 0.0618 e. The van der Waals surface area contributed by atoms with Gasteiger partial charge in [-0.05, 0) is 30.5 Å². The molecule has 0 amide bonds. The summed E-state index contributed by atoms with van der Waals surface area (Å²) in [5.74, 6) is 0.560. The Hall–Kier alpha value is -0.380. The van der Waals surface area contributed by atoms with Gasteiger partial charge in [0.05, 0.1) is 6.61 Å². The second-order valence-electron chi connectivity index (χ2n) is 4.75. The molecule has 1 aromatic rings. The van der Waals surface area contributed by atoms with Crippen LogP contribution in [0.5, 0.6) is 0 Å². The quantitative estimate of drug-likeness (QED) is 0.863. The first-order valence-corrected chi connectivity index (χ1v) is 6.84. The Labute approximate surface area is 113 Å². The fourth-order valence-corrected chi connectivity index (χ4v) is 2.22. The Morgan fingerprint density at radius 2 is 2.00 bits per heavy atom. The van der Waals surface area contributed by atoms with Crippen molar-refractivity contribution in [3.05, 3.63) is 34.3 Å². The summed E-state index contributed by atoms with van der Waals surface area (Å²) in [7, 11) is 1.75. The molecule has 3 heteroatoms. The van der Waals surface area contributed by atoms with E-state index >= 15 is 0 Å². The molecule has 0 aliphatic rings. The highest BCUT2D eigenvalue weighted by molar-refractivity contribution is 9.10. The fraction of sp³-hybridized carbons (Fsp3) is 0.571. The maximum atomic E-state index is 5.25. The summed E-state index contributed by atoms with van der Waals surface area (Å²) in [5.41, 5.74) is 1.29. The zero-order valence-electron chi connectivity index (χ0n) is 11.0. The van der Waals surface area contributed by atoms with Crippen LogP contribution in [0.1, 0.15) is 32.4 Å². The minimum atomic E-state index is 0.329. The summed E-state index contributed by atoms with van der Waals surface area (Å²) >= 11 is 3.50. The normalized spacial score (nSPS) is 14.9. The van der Waals surface area contributed by atoms with Gasteiger partial charge in [0.1, 0.15) is 0 Å². The van der Waals surface area contributed by atoms with Crippen molar-refractivity contribution in [2.45, 2.75) is 32.9 Å². The zero-order valence-corrected chi connectivity index (χ0v) is 12.6. The van der Waals surface area contributed by atoms with Crippen LogP contribution in [0.4, 0.5) is 0 Å². The SMILES string of the molecule is COCC(NC(C)c1cccc(Br)c1)C(C)C. The molecule has 0 radical (unpaired) electrons. The number of ether oxygens (including phenoxy) is 1. The van der Waals surface area contributed by atoms with Crippen LogP contribution in [-0.2, 0) is 4.74 Å². The topological polar surface area (TPSA) is 21.3 Å². The average Bonchev–Trinajstić information content (AvgIpc) is 2.28. The molecule has 2 unspecified atom stereocenters. The molecule has 0 aromatic heterocycles. The molecule has 1 aromatic carbocycles. The Kier molecular flexibility index (Phi) is 6.17. The van der Waals surface area contributed by atoms with E-state index in [0.717, 1.165) is 11.1 Å². The Morgan fingerprint density at radius 1 is 1.29 bits per heavy atom. The summed E-state index contributed by atoms with van der Waals surface area (Å²) in [6.07, 6.45) is 0. The lowest BCUT2D eigenvalue weighted by Crippen LogP contribution is -2.39. The maximum absolute atomic E-state index is 5.25. The molecule has 1 rings (SSSR count). The smallest absolute Gasteiger partial charge is 0.0618 e. The zero-order chi connectivity index (χ0) is 12.8. The van der Waals surface area contributed by atoms with E-state index in [4.69, 9.17) is 4.74 Å². The molecular weight excluding hydrogens is 278 g/mol. The Balaban J connectivity index is 2.66. The molecule has 17 heavy (non-hydrogen) atoms. The molecule has 0 fully saturated rings. The highest BCUT2D eigenvalue weighted by atomic mass is 79.9. The van der Waals surface area contributed by atoms with E-state index in [1.54, 1.807) is 7.11 Å². The van der Waals surface area contributed by atoms with Gasteiger partial charge in [0.25, 0.3) is 0 Å². The summed E-state index contributed by atoms with van der Waals surface area (Å²) in [5, 5.41) is 3.62. The first-order valence-electron chi connectivity index (χ1n) is 6.05. The molecule has 96 valence electrons. The number of methoxy groups -OCH3 is 1. The minimum absolute atomic E-state index is 0.329. The number of hydrogen-bond acceptors (Lipinski definition) is 2. The van der Waals surface area contributed by atoms with Crippen molar-refractivity contribution in [3.63, 3.8) is 0 Å². The lowest BCUT2D eigenvalue weighted by molar-refractivity contribution is 0.141. The minimum Gasteiger partial charge on any atom is -0.383 e. The van der Waals surface area contributed by atoms with E-state index in [1.165, 1.54) is 5.56 Å². The number of rotatable bonds is 6. The van der Waals surface area contributed by atoms with Gasteiger partial charge in [-0.2, -0.15) is 0 Å². The van der Waals surface area contributed by atoms with Crippen molar-refractivity contribution in [1.82, 2.24) is 5.32 Å². The van der Waals surface area contributed by atoms with Crippen LogP contribution in [0.3, 0.4) is 0 Å². The number of hydrogen-bond donors (Lipinski definition) is 1.